The van der Waals surface area contributed by atoms with Gasteiger partial charge in [0.15, 0.2) is 0 Å². The summed E-state index contributed by atoms with van der Waals surface area (Å²) < 4.78 is 29.8. The van der Waals surface area contributed by atoms with E-state index in [1.54, 1.807) is 12.1 Å². The predicted octanol–water partition coefficient (Wildman–Crippen LogP) is 2.23. The second-order valence-corrected chi connectivity index (χ2v) is 6.49. The first-order valence-electron chi connectivity index (χ1n) is 5.93. The molecule has 8 heteroatoms. The van der Waals surface area contributed by atoms with Gasteiger partial charge in [0.1, 0.15) is 5.76 Å². The summed E-state index contributed by atoms with van der Waals surface area (Å²) in [6.07, 6.45) is 2.53. The van der Waals surface area contributed by atoms with E-state index in [4.69, 9.17) is 16.0 Å². The summed E-state index contributed by atoms with van der Waals surface area (Å²) in [7, 11) is -3.42. The largest absolute Gasteiger partial charge is 0.467 e. The lowest BCUT2D eigenvalue weighted by molar-refractivity contribution is 0.0948. The SMILES string of the molecule is CS(=O)(=O)Nc1ccc(Cl)c(C(=O)NCc2ccco2)c1. The van der Waals surface area contributed by atoms with Crippen LogP contribution >= 0.6 is 11.6 Å². The zero-order chi connectivity index (χ0) is 15.5. The number of rotatable bonds is 5. The van der Waals surface area contributed by atoms with Crippen LogP contribution in [0.2, 0.25) is 5.02 Å². The van der Waals surface area contributed by atoms with E-state index in [2.05, 4.69) is 10.0 Å². The molecular formula is C13H13ClN2O4S. The Morgan fingerprint density at radius 1 is 1.33 bits per heavy atom. The molecule has 0 radical (unpaired) electrons. The van der Waals surface area contributed by atoms with Gasteiger partial charge in [0, 0.05) is 5.69 Å². The maximum atomic E-state index is 12.1. The molecule has 112 valence electrons. The fourth-order valence-electron chi connectivity index (χ4n) is 1.65. The van der Waals surface area contributed by atoms with Gasteiger partial charge in [-0.15, -0.1) is 0 Å². The molecule has 0 fully saturated rings. The third-order valence-corrected chi connectivity index (χ3v) is 3.45. The molecule has 0 bridgehead atoms. The Kier molecular flexibility index (Phi) is 4.54. The molecule has 0 atom stereocenters. The Labute approximate surface area is 127 Å². The number of hydrogen-bond donors (Lipinski definition) is 2. The zero-order valence-electron chi connectivity index (χ0n) is 11.1. The van der Waals surface area contributed by atoms with E-state index in [-0.39, 0.29) is 22.8 Å². The molecule has 1 heterocycles. The van der Waals surface area contributed by atoms with Crippen molar-refractivity contribution in [2.24, 2.45) is 0 Å². The Morgan fingerprint density at radius 3 is 2.71 bits per heavy atom. The Morgan fingerprint density at radius 2 is 2.10 bits per heavy atom. The van der Waals surface area contributed by atoms with Crippen LogP contribution in [0.4, 0.5) is 5.69 Å². The lowest BCUT2D eigenvalue weighted by Crippen LogP contribution is -2.23. The number of nitrogens with one attached hydrogen (secondary N) is 2. The molecule has 0 aliphatic carbocycles. The van der Waals surface area contributed by atoms with E-state index >= 15 is 0 Å². The molecule has 2 rings (SSSR count). The van der Waals surface area contributed by atoms with Crippen LogP contribution in [-0.4, -0.2) is 20.6 Å². The summed E-state index contributed by atoms with van der Waals surface area (Å²) in [6.45, 7) is 0.214. The number of halogens is 1. The molecule has 0 saturated heterocycles. The third kappa shape index (κ3) is 4.51. The van der Waals surface area contributed by atoms with Gasteiger partial charge < -0.3 is 9.73 Å². The minimum atomic E-state index is -3.42. The summed E-state index contributed by atoms with van der Waals surface area (Å²) in [5.41, 5.74) is 0.446. The summed E-state index contributed by atoms with van der Waals surface area (Å²) in [6, 6.07) is 7.75. The molecule has 0 unspecified atom stereocenters. The van der Waals surface area contributed by atoms with Crippen molar-refractivity contribution < 1.29 is 17.6 Å². The van der Waals surface area contributed by atoms with Crippen LogP contribution in [0.3, 0.4) is 0 Å². The first kappa shape index (κ1) is 15.4. The summed E-state index contributed by atoms with van der Waals surface area (Å²) in [5.74, 6) is 0.179. The van der Waals surface area contributed by atoms with Crippen molar-refractivity contribution in [2.45, 2.75) is 6.54 Å². The van der Waals surface area contributed by atoms with Crippen molar-refractivity contribution in [2.75, 3.05) is 11.0 Å². The molecule has 2 aromatic rings. The fraction of sp³-hybridized carbons (Fsp3) is 0.154. The monoisotopic (exact) mass is 328 g/mol. The van der Waals surface area contributed by atoms with Gasteiger partial charge in [-0.25, -0.2) is 8.42 Å². The van der Waals surface area contributed by atoms with Crippen molar-refractivity contribution in [3.8, 4) is 0 Å². The third-order valence-electron chi connectivity index (χ3n) is 2.52. The van der Waals surface area contributed by atoms with E-state index in [9.17, 15) is 13.2 Å². The first-order chi connectivity index (χ1) is 9.85. The second-order valence-electron chi connectivity index (χ2n) is 4.33. The van der Waals surface area contributed by atoms with Gasteiger partial charge in [-0.1, -0.05) is 11.6 Å². The lowest BCUT2D eigenvalue weighted by Gasteiger charge is -2.09. The van der Waals surface area contributed by atoms with Gasteiger partial charge >= 0.3 is 0 Å². The normalized spacial score (nSPS) is 11.1. The number of hydrogen-bond acceptors (Lipinski definition) is 4. The van der Waals surface area contributed by atoms with Gasteiger partial charge in [0.25, 0.3) is 5.91 Å². The molecule has 21 heavy (non-hydrogen) atoms. The molecule has 0 aliphatic heterocycles. The maximum Gasteiger partial charge on any atom is 0.253 e. The zero-order valence-corrected chi connectivity index (χ0v) is 12.7. The highest BCUT2D eigenvalue weighted by Gasteiger charge is 2.13. The number of furan rings is 1. The smallest absolute Gasteiger partial charge is 0.253 e. The van der Waals surface area contributed by atoms with Crippen molar-refractivity contribution in [3.63, 3.8) is 0 Å². The van der Waals surface area contributed by atoms with Crippen LogP contribution < -0.4 is 10.0 Å². The molecule has 6 nitrogen and oxygen atoms in total. The second kappa shape index (κ2) is 6.19. The van der Waals surface area contributed by atoms with Crippen LogP contribution in [-0.2, 0) is 16.6 Å². The van der Waals surface area contributed by atoms with E-state index in [0.717, 1.165) is 6.26 Å². The number of carbonyl (C=O) groups is 1. The van der Waals surface area contributed by atoms with E-state index < -0.39 is 15.9 Å². The summed E-state index contributed by atoms with van der Waals surface area (Å²) in [4.78, 5) is 12.1. The van der Waals surface area contributed by atoms with Crippen LogP contribution in [0.1, 0.15) is 16.1 Å². The van der Waals surface area contributed by atoms with Crippen LogP contribution in [0, 0.1) is 0 Å². The Bertz CT molecular complexity index is 742. The standard InChI is InChI=1S/C13H13ClN2O4S/c1-21(18,19)16-9-4-5-12(14)11(7-9)13(17)15-8-10-3-2-6-20-10/h2-7,16H,8H2,1H3,(H,15,17). The van der Waals surface area contributed by atoms with E-state index in [1.165, 1.54) is 24.5 Å². The highest BCUT2D eigenvalue weighted by Crippen LogP contribution is 2.21. The van der Waals surface area contributed by atoms with Gasteiger partial charge in [-0.2, -0.15) is 0 Å². The molecule has 1 aromatic heterocycles. The molecule has 1 aromatic carbocycles. The number of amides is 1. The number of benzene rings is 1. The van der Waals surface area contributed by atoms with Crippen LogP contribution in [0.25, 0.3) is 0 Å². The number of anilines is 1. The first-order valence-corrected chi connectivity index (χ1v) is 8.20. The number of carbonyl (C=O) groups excluding carboxylic acids is 1. The van der Waals surface area contributed by atoms with E-state index in [1.807, 2.05) is 0 Å². The summed E-state index contributed by atoms with van der Waals surface area (Å²) >= 11 is 5.96. The maximum absolute atomic E-state index is 12.1. The van der Waals surface area contributed by atoms with Gasteiger partial charge in [-0.3, -0.25) is 9.52 Å². The highest BCUT2D eigenvalue weighted by molar-refractivity contribution is 7.92. The van der Waals surface area contributed by atoms with Crippen molar-refractivity contribution >= 4 is 33.2 Å². The predicted molar refractivity (Wildman–Crippen MR) is 79.8 cm³/mol. The quantitative estimate of drug-likeness (QED) is 0.881. The lowest BCUT2D eigenvalue weighted by atomic mass is 10.2. The topological polar surface area (TPSA) is 88.4 Å². The van der Waals surface area contributed by atoms with Gasteiger partial charge in [-0.05, 0) is 30.3 Å². The molecular weight excluding hydrogens is 316 g/mol. The Balaban J connectivity index is 2.14. The summed E-state index contributed by atoms with van der Waals surface area (Å²) in [5, 5.41) is 2.87. The van der Waals surface area contributed by atoms with Gasteiger partial charge in [0.05, 0.1) is 29.6 Å². The minimum absolute atomic E-state index is 0.178. The molecule has 0 spiro atoms. The molecule has 2 N–H and O–H groups in total. The average Bonchev–Trinajstić information content (AvgIpc) is 2.90. The molecule has 1 amide bonds. The fourth-order valence-corrected chi connectivity index (χ4v) is 2.41. The molecule has 0 saturated carbocycles. The van der Waals surface area contributed by atoms with Crippen molar-refractivity contribution in [1.29, 1.82) is 0 Å². The number of sulfonamides is 1. The van der Waals surface area contributed by atoms with Crippen molar-refractivity contribution in [3.05, 3.63) is 52.9 Å². The average molecular weight is 329 g/mol. The van der Waals surface area contributed by atoms with E-state index in [0.29, 0.717) is 5.76 Å². The Hall–Kier alpha value is -1.99. The molecule has 0 aliphatic rings. The highest BCUT2D eigenvalue weighted by atomic mass is 35.5. The minimum Gasteiger partial charge on any atom is -0.467 e. The van der Waals surface area contributed by atoms with Crippen LogP contribution in [0.5, 0.6) is 0 Å². The van der Waals surface area contributed by atoms with Gasteiger partial charge in [0.2, 0.25) is 10.0 Å². The van der Waals surface area contributed by atoms with Crippen LogP contribution in [0.15, 0.2) is 41.0 Å². The van der Waals surface area contributed by atoms with Crippen molar-refractivity contribution in [1.82, 2.24) is 5.32 Å².